The van der Waals surface area contributed by atoms with Crippen molar-refractivity contribution in [2.75, 3.05) is 17.1 Å². The average Bonchev–Trinajstić information content (AvgIpc) is 2.49. The second-order valence-corrected chi connectivity index (χ2v) is 6.69. The molecule has 0 aliphatic heterocycles. The standard InChI is InChI=1S/C14H12ClN3O2S/c1-18(11-4-2-3-10(7-11)9-16)21(19,20)12-5-6-13(15)14(17)8-12/h2-8H,17H2,1H3. The molecule has 0 heterocycles. The van der Waals surface area contributed by atoms with E-state index in [9.17, 15) is 8.42 Å². The van der Waals surface area contributed by atoms with E-state index in [0.717, 1.165) is 4.31 Å². The molecule has 0 atom stereocenters. The Morgan fingerprint density at radius 3 is 2.57 bits per heavy atom. The number of nitrogen functional groups attached to an aromatic ring is 1. The molecule has 0 saturated carbocycles. The van der Waals surface area contributed by atoms with Gasteiger partial charge < -0.3 is 5.73 Å². The third-order valence-corrected chi connectivity index (χ3v) is 5.09. The van der Waals surface area contributed by atoms with Crippen LogP contribution < -0.4 is 10.0 Å². The van der Waals surface area contributed by atoms with Crippen LogP contribution in [0.15, 0.2) is 47.4 Å². The van der Waals surface area contributed by atoms with Crippen LogP contribution in [0.25, 0.3) is 0 Å². The molecule has 2 aromatic rings. The molecule has 0 saturated heterocycles. The molecule has 0 radical (unpaired) electrons. The minimum absolute atomic E-state index is 0.0364. The van der Waals surface area contributed by atoms with E-state index >= 15 is 0 Å². The lowest BCUT2D eigenvalue weighted by Gasteiger charge is -2.20. The molecule has 0 bridgehead atoms. The van der Waals surface area contributed by atoms with Crippen LogP contribution >= 0.6 is 11.6 Å². The number of benzene rings is 2. The molecule has 0 amide bonds. The first-order valence-electron chi connectivity index (χ1n) is 5.90. The Kier molecular flexibility index (Phi) is 4.07. The lowest BCUT2D eigenvalue weighted by Crippen LogP contribution is -2.26. The van der Waals surface area contributed by atoms with Crippen molar-refractivity contribution in [3.05, 3.63) is 53.1 Å². The number of rotatable bonds is 3. The van der Waals surface area contributed by atoms with Gasteiger partial charge in [-0.2, -0.15) is 5.26 Å². The van der Waals surface area contributed by atoms with Gasteiger partial charge in [0.25, 0.3) is 10.0 Å². The summed E-state index contributed by atoms with van der Waals surface area (Å²) >= 11 is 5.80. The van der Waals surface area contributed by atoms with Gasteiger partial charge in [0.2, 0.25) is 0 Å². The summed E-state index contributed by atoms with van der Waals surface area (Å²) in [4.78, 5) is 0.0364. The van der Waals surface area contributed by atoms with Gasteiger partial charge in [-0.1, -0.05) is 17.7 Å². The van der Waals surface area contributed by atoms with Gasteiger partial charge in [0.1, 0.15) is 0 Å². The Labute approximate surface area is 128 Å². The highest BCUT2D eigenvalue weighted by atomic mass is 35.5. The fourth-order valence-electron chi connectivity index (χ4n) is 1.75. The predicted molar refractivity (Wildman–Crippen MR) is 82.6 cm³/mol. The summed E-state index contributed by atoms with van der Waals surface area (Å²) in [5, 5.41) is 9.18. The van der Waals surface area contributed by atoms with Crippen molar-refractivity contribution in [2.45, 2.75) is 4.90 Å². The fourth-order valence-corrected chi connectivity index (χ4v) is 3.09. The van der Waals surface area contributed by atoms with Gasteiger partial charge in [-0.25, -0.2) is 8.42 Å². The van der Waals surface area contributed by atoms with Crippen molar-refractivity contribution < 1.29 is 8.42 Å². The SMILES string of the molecule is CN(c1cccc(C#N)c1)S(=O)(=O)c1ccc(Cl)c(N)c1. The largest absolute Gasteiger partial charge is 0.397 e. The maximum atomic E-state index is 12.5. The number of nitriles is 1. The molecule has 0 spiro atoms. The second-order valence-electron chi connectivity index (χ2n) is 4.32. The van der Waals surface area contributed by atoms with E-state index in [1.807, 2.05) is 6.07 Å². The predicted octanol–water partition coefficient (Wildman–Crippen LogP) is 2.62. The molecule has 2 rings (SSSR count). The van der Waals surface area contributed by atoms with E-state index in [2.05, 4.69) is 0 Å². The molecular formula is C14H12ClN3O2S. The van der Waals surface area contributed by atoms with Gasteiger partial charge in [0.15, 0.2) is 0 Å². The molecular weight excluding hydrogens is 310 g/mol. The maximum Gasteiger partial charge on any atom is 0.264 e. The first-order valence-corrected chi connectivity index (χ1v) is 7.72. The van der Waals surface area contributed by atoms with Crippen LogP contribution in [0.2, 0.25) is 5.02 Å². The van der Waals surface area contributed by atoms with Crippen molar-refractivity contribution >= 4 is 33.0 Å². The van der Waals surface area contributed by atoms with E-state index < -0.39 is 10.0 Å². The van der Waals surface area contributed by atoms with E-state index in [-0.39, 0.29) is 10.6 Å². The van der Waals surface area contributed by atoms with Crippen molar-refractivity contribution in [3.8, 4) is 6.07 Å². The van der Waals surface area contributed by atoms with Gasteiger partial charge in [-0.05, 0) is 36.4 Å². The molecule has 21 heavy (non-hydrogen) atoms. The van der Waals surface area contributed by atoms with E-state index in [4.69, 9.17) is 22.6 Å². The highest BCUT2D eigenvalue weighted by Crippen LogP contribution is 2.27. The van der Waals surface area contributed by atoms with E-state index in [1.165, 1.54) is 31.3 Å². The topological polar surface area (TPSA) is 87.2 Å². The maximum absolute atomic E-state index is 12.5. The number of sulfonamides is 1. The Bertz CT molecular complexity index is 828. The molecule has 7 heteroatoms. The number of nitrogens with two attached hydrogens (primary N) is 1. The quantitative estimate of drug-likeness (QED) is 0.880. The van der Waals surface area contributed by atoms with Crippen LogP contribution in [0.3, 0.4) is 0 Å². The third kappa shape index (κ3) is 2.94. The molecule has 0 unspecified atom stereocenters. The van der Waals surface area contributed by atoms with Crippen LogP contribution in [-0.4, -0.2) is 15.5 Å². The highest BCUT2D eigenvalue weighted by Gasteiger charge is 2.22. The van der Waals surface area contributed by atoms with Crippen LogP contribution in [0.5, 0.6) is 0 Å². The van der Waals surface area contributed by atoms with E-state index in [1.54, 1.807) is 18.2 Å². The Balaban J connectivity index is 2.47. The van der Waals surface area contributed by atoms with Crippen molar-refractivity contribution in [1.29, 1.82) is 5.26 Å². The normalized spacial score (nSPS) is 10.9. The monoisotopic (exact) mass is 321 g/mol. The number of halogens is 1. The summed E-state index contributed by atoms with van der Waals surface area (Å²) in [5.41, 5.74) is 6.61. The first-order chi connectivity index (χ1) is 9.86. The zero-order valence-corrected chi connectivity index (χ0v) is 12.7. The van der Waals surface area contributed by atoms with Crippen LogP contribution in [0.4, 0.5) is 11.4 Å². The smallest absolute Gasteiger partial charge is 0.264 e. The van der Waals surface area contributed by atoms with Crippen LogP contribution in [0, 0.1) is 11.3 Å². The van der Waals surface area contributed by atoms with Gasteiger partial charge in [-0.15, -0.1) is 0 Å². The summed E-state index contributed by atoms with van der Waals surface area (Å²) in [6, 6.07) is 12.4. The zero-order valence-electron chi connectivity index (χ0n) is 11.1. The number of nitrogens with zero attached hydrogens (tertiary/aromatic N) is 2. The Morgan fingerprint density at radius 1 is 1.24 bits per heavy atom. The minimum atomic E-state index is -3.77. The minimum Gasteiger partial charge on any atom is -0.397 e. The van der Waals surface area contributed by atoms with Gasteiger partial charge in [0, 0.05) is 7.05 Å². The van der Waals surface area contributed by atoms with Gasteiger partial charge in [0.05, 0.1) is 32.9 Å². The van der Waals surface area contributed by atoms with Crippen molar-refractivity contribution in [3.63, 3.8) is 0 Å². The molecule has 0 aromatic heterocycles. The average molecular weight is 322 g/mol. The number of anilines is 2. The van der Waals surface area contributed by atoms with Gasteiger partial charge >= 0.3 is 0 Å². The molecule has 0 aliphatic carbocycles. The van der Waals surface area contributed by atoms with Gasteiger partial charge in [-0.3, -0.25) is 4.31 Å². The lowest BCUT2D eigenvalue weighted by atomic mass is 10.2. The summed E-state index contributed by atoms with van der Waals surface area (Å²) in [7, 11) is -2.36. The fraction of sp³-hybridized carbons (Fsp3) is 0.0714. The molecule has 0 aliphatic rings. The summed E-state index contributed by atoms with van der Waals surface area (Å²) in [5.74, 6) is 0. The molecule has 2 aromatic carbocycles. The van der Waals surface area contributed by atoms with Crippen LogP contribution in [-0.2, 0) is 10.0 Å². The second kappa shape index (κ2) is 5.64. The Morgan fingerprint density at radius 2 is 1.95 bits per heavy atom. The summed E-state index contributed by atoms with van der Waals surface area (Å²) < 4.78 is 26.2. The van der Waals surface area contributed by atoms with Crippen molar-refractivity contribution in [2.24, 2.45) is 0 Å². The molecule has 5 nitrogen and oxygen atoms in total. The molecule has 0 fully saturated rings. The summed E-state index contributed by atoms with van der Waals surface area (Å²) in [6.07, 6.45) is 0. The lowest BCUT2D eigenvalue weighted by molar-refractivity contribution is 0.594. The summed E-state index contributed by atoms with van der Waals surface area (Å²) in [6.45, 7) is 0. The first kappa shape index (κ1) is 15.2. The van der Waals surface area contributed by atoms with Crippen molar-refractivity contribution in [1.82, 2.24) is 0 Å². The number of hydrogen-bond acceptors (Lipinski definition) is 4. The zero-order chi connectivity index (χ0) is 15.6. The van der Waals surface area contributed by atoms with Crippen LogP contribution in [0.1, 0.15) is 5.56 Å². The highest BCUT2D eigenvalue weighted by molar-refractivity contribution is 7.92. The molecule has 2 N–H and O–H groups in total. The molecule has 108 valence electrons. The third-order valence-electron chi connectivity index (χ3n) is 2.96. The van der Waals surface area contributed by atoms with E-state index in [0.29, 0.717) is 16.3 Å². The number of hydrogen-bond donors (Lipinski definition) is 1. The Hall–Kier alpha value is -2.23.